The van der Waals surface area contributed by atoms with Crippen molar-refractivity contribution in [1.82, 2.24) is 15.5 Å². The fourth-order valence-electron chi connectivity index (χ4n) is 10.8. The molecule has 432 valence electrons. The molecule has 18 atom stereocenters. The van der Waals surface area contributed by atoms with E-state index in [4.69, 9.17) is 49.0 Å². The van der Waals surface area contributed by atoms with Crippen LogP contribution in [0.4, 0.5) is 0 Å². The molecule has 78 heavy (non-hydrogen) atoms. The molecular formula is C57H83N5O16. The lowest BCUT2D eigenvalue weighted by molar-refractivity contribution is -0.157. The molecule has 0 bridgehead atoms. The summed E-state index contributed by atoms with van der Waals surface area (Å²) in [5, 5.41) is 36.9. The molecule has 4 amide bonds. The van der Waals surface area contributed by atoms with E-state index in [0.29, 0.717) is 30.6 Å². The molecule has 0 unspecified atom stereocenters. The van der Waals surface area contributed by atoms with Gasteiger partial charge in [-0.2, -0.15) is 0 Å². The summed E-state index contributed by atoms with van der Waals surface area (Å²) in [6.07, 6.45) is 12.1. The molecule has 21 nitrogen and oxygen atoms in total. The number of esters is 2. The Morgan fingerprint density at radius 3 is 1.36 bits per heavy atom. The minimum Gasteiger partial charge on any atom is -0.459 e. The summed E-state index contributed by atoms with van der Waals surface area (Å²) >= 11 is 0. The van der Waals surface area contributed by atoms with E-state index in [1.54, 1.807) is 26.0 Å². The SMILES string of the molecule is CC(=O)O[C@@H](C)/C=C\C(=O)N[C@@H]1C[C@H](C)[C@H](C/C=C(C)/C=C/[C@H]2O[C@H](CC(=O)N(C(=N)N)C(=O)C[C@@H]3C[C@@]4(CO4)[C@H](O)[C@@H](/C=C/C(C)=C/C[C@@H]4O[C@H](C)[C@H](NC(=O)/C=C\[C@H](C)OC(C)=O)C[C@@H]4C)O3)C[C@@]3(CO3)[C@@H]2O)O[C@@H]1C. The highest BCUT2D eigenvalue weighted by Crippen LogP contribution is 2.45. The Hall–Kier alpha value is -5.39. The highest BCUT2D eigenvalue weighted by molar-refractivity contribution is 6.10. The van der Waals surface area contributed by atoms with Crippen molar-refractivity contribution in [2.75, 3.05) is 13.2 Å². The van der Waals surface area contributed by atoms with Crippen molar-refractivity contribution >= 4 is 41.5 Å². The number of hydrogen-bond acceptors (Lipinski definition) is 17. The van der Waals surface area contributed by atoms with Gasteiger partial charge in [0.25, 0.3) is 0 Å². The number of nitrogens with zero attached hydrogens (tertiary/aromatic N) is 1. The molecule has 0 saturated carbocycles. The van der Waals surface area contributed by atoms with Crippen molar-refractivity contribution in [2.24, 2.45) is 17.6 Å². The summed E-state index contributed by atoms with van der Waals surface area (Å²) in [7, 11) is 0. The first kappa shape index (κ1) is 61.8. The van der Waals surface area contributed by atoms with Crippen LogP contribution in [0.15, 0.2) is 71.9 Å². The third kappa shape index (κ3) is 17.3. The van der Waals surface area contributed by atoms with Gasteiger partial charge in [-0.25, -0.2) is 4.90 Å². The quantitative estimate of drug-likeness (QED) is 0.0251. The van der Waals surface area contributed by atoms with Crippen LogP contribution in [0.3, 0.4) is 0 Å². The maximum absolute atomic E-state index is 13.9. The van der Waals surface area contributed by atoms with Gasteiger partial charge in [0.2, 0.25) is 29.6 Å². The molecule has 6 aliphatic heterocycles. The van der Waals surface area contributed by atoms with E-state index >= 15 is 0 Å². The van der Waals surface area contributed by atoms with Gasteiger partial charge in [-0.3, -0.25) is 34.2 Å². The number of epoxide rings is 2. The van der Waals surface area contributed by atoms with E-state index in [-0.39, 0.29) is 99.0 Å². The fraction of sp³-hybridized carbons (Fsp3) is 0.667. The van der Waals surface area contributed by atoms with Crippen molar-refractivity contribution < 1.29 is 76.9 Å². The molecule has 6 heterocycles. The van der Waals surface area contributed by atoms with Crippen LogP contribution in [-0.2, 0) is 66.7 Å². The number of carbonyl (C=O) groups is 6. The second-order valence-electron chi connectivity index (χ2n) is 22.2. The molecule has 0 radical (unpaired) electrons. The minimum absolute atomic E-state index is 0.114. The lowest BCUT2D eigenvalue weighted by Crippen LogP contribution is -2.54. The first-order valence-electron chi connectivity index (χ1n) is 27.2. The van der Waals surface area contributed by atoms with Gasteiger partial charge >= 0.3 is 11.9 Å². The van der Waals surface area contributed by atoms with E-state index in [1.807, 2.05) is 52.0 Å². The van der Waals surface area contributed by atoms with Gasteiger partial charge in [-0.1, -0.05) is 61.4 Å². The third-order valence-corrected chi connectivity index (χ3v) is 15.4. The minimum atomic E-state index is -1.03. The average molecular weight is 1090 g/mol. The molecule has 6 aliphatic rings. The summed E-state index contributed by atoms with van der Waals surface area (Å²) in [4.78, 5) is 76.0. The van der Waals surface area contributed by atoms with Crippen molar-refractivity contribution in [3.05, 3.63) is 71.9 Å². The van der Waals surface area contributed by atoms with Gasteiger partial charge in [-0.15, -0.1) is 0 Å². The number of imide groups is 1. The zero-order valence-corrected chi connectivity index (χ0v) is 46.7. The van der Waals surface area contributed by atoms with E-state index in [2.05, 4.69) is 24.5 Å². The van der Waals surface area contributed by atoms with Crippen molar-refractivity contribution in [3.8, 4) is 0 Å². The molecule has 0 aromatic carbocycles. The molecule has 6 rings (SSSR count). The number of nitrogens with two attached hydrogens (primary N) is 1. The summed E-state index contributed by atoms with van der Waals surface area (Å²) in [6, 6.07) is -0.412. The smallest absolute Gasteiger partial charge is 0.303 e. The van der Waals surface area contributed by atoms with Crippen LogP contribution in [0.25, 0.3) is 0 Å². The Balaban J connectivity index is 0.986. The summed E-state index contributed by atoms with van der Waals surface area (Å²) < 4.78 is 46.8. The maximum Gasteiger partial charge on any atom is 0.303 e. The van der Waals surface area contributed by atoms with Crippen LogP contribution in [0, 0.1) is 17.2 Å². The number of amides is 4. The van der Waals surface area contributed by atoms with E-state index in [1.165, 1.54) is 38.2 Å². The first-order chi connectivity index (χ1) is 36.8. The summed E-state index contributed by atoms with van der Waals surface area (Å²) in [5.74, 6) is -3.51. The highest BCUT2D eigenvalue weighted by Gasteiger charge is 2.60. The zero-order valence-electron chi connectivity index (χ0n) is 46.7. The highest BCUT2D eigenvalue weighted by atomic mass is 16.6. The number of nitrogens with one attached hydrogen (secondary N) is 3. The van der Waals surface area contributed by atoms with Crippen molar-refractivity contribution in [1.29, 1.82) is 5.41 Å². The Bertz CT molecular complexity index is 2220. The number of hydrogen-bond donors (Lipinski definition) is 6. The number of guanidine groups is 1. The Labute approximate surface area is 457 Å². The first-order valence-corrected chi connectivity index (χ1v) is 27.2. The lowest BCUT2D eigenvalue weighted by atomic mass is 9.87. The fourth-order valence-corrected chi connectivity index (χ4v) is 10.8. The van der Waals surface area contributed by atoms with Crippen LogP contribution < -0.4 is 16.4 Å². The van der Waals surface area contributed by atoms with Crippen molar-refractivity contribution in [3.63, 3.8) is 0 Å². The summed E-state index contributed by atoms with van der Waals surface area (Å²) in [5.41, 5.74) is 5.78. The van der Waals surface area contributed by atoms with Gasteiger partial charge in [-0.05, 0) is 91.2 Å². The summed E-state index contributed by atoms with van der Waals surface area (Å²) in [6.45, 7) is 18.3. The third-order valence-electron chi connectivity index (χ3n) is 15.4. The molecule has 0 aliphatic carbocycles. The number of carbonyl (C=O) groups excluding carboxylic acids is 6. The molecular weight excluding hydrogens is 1010 g/mol. The van der Waals surface area contributed by atoms with Crippen LogP contribution in [0.5, 0.6) is 0 Å². The van der Waals surface area contributed by atoms with Crippen molar-refractivity contribution in [2.45, 2.75) is 217 Å². The van der Waals surface area contributed by atoms with Gasteiger partial charge < -0.3 is 64.5 Å². The van der Waals surface area contributed by atoms with Gasteiger partial charge in [0.15, 0.2) is 0 Å². The molecule has 0 aromatic rings. The van der Waals surface area contributed by atoms with Gasteiger partial charge in [0.05, 0.1) is 74.8 Å². The molecule has 2 spiro atoms. The second kappa shape index (κ2) is 27.2. The molecule has 0 aromatic heterocycles. The Morgan fingerprint density at radius 2 is 1.03 bits per heavy atom. The maximum atomic E-state index is 13.9. The monoisotopic (exact) mass is 1090 g/mol. The predicted octanol–water partition coefficient (Wildman–Crippen LogP) is 3.99. The number of aliphatic hydroxyl groups is 2. The van der Waals surface area contributed by atoms with E-state index in [9.17, 15) is 39.0 Å². The molecule has 6 fully saturated rings. The van der Waals surface area contributed by atoms with E-state index < -0.39 is 89.7 Å². The normalized spacial score (nSPS) is 35.9. The Kier molecular flexibility index (Phi) is 21.5. The molecule has 6 saturated heterocycles. The average Bonchev–Trinajstić information content (AvgIpc) is 4.42. The number of ether oxygens (including phenoxy) is 8. The largest absolute Gasteiger partial charge is 0.459 e. The topological polar surface area (TPSA) is 300 Å². The molecule has 21 heteroatoms. The Morgan fingerprint density at radius 1 is 0.654 bits per heavy atom. The van der Waals surface area contributed by atoms with Crippen LogP contribution >= 0.6 is 0 Å². The standard InChI is InChI=1S/C57H83N5O16/c1-31(11-17-45-33(3)23-43(37(7)75-45)60-49(65)21-15-35(5)73-39(9)63)13-19-47-53(69)56(29-71-56)27-41(77-47)25-51(67)62(55(58)59)52(68)26-42-28-57(30-72-57)54(70)48(78-42)20-14-32(2)12-18-46-34(4)24-44(38(8)76-46)61-50(66)22-16-36(6)74-40(10)64/h11-16,19-22,33-38,41-48,53-54,69-70H,17-18,23-30H2,1-10H3,(H3,58,59)(H,60,65)(H,61,66)/b19-13+,20-14+,21-15-,22-16-,31-11+,32-12+/t33-,34-,35-,36-,37+,38+,41+,42+,43+,44+,45-,46-,47+,48+,53+,54+,56+,57+/m0/s1. The van der Waals surface area contributed by atoms with Crippen LogP contribution in [-0.4, -0.2) is 166 Å². The number of rotatable bonds is 20. The predicted molar refractivity (Wildman–Crippen MR) is 285 cm³/mol. The van der Waals surface area contributed by atoms with E-state index in [0.717, 1.165) is 11.1 Å². The van der Waals surface area contributed by atoms with Crippen LogP contribution in [0.2, 0.25) is 0 Å². The lowest BCUT2D eigenvalue weighted by Gasteiger charge is -2.39. The zero-order chi connectivity index (χ0) is 57.2. The van der Waals surface area contributed by atoms with Gasteiger partial charge in [0, 0.05) is 38.8 Å². The van der Waals surface area contributed by atoms with Crippen LogP contribution in [0.1, 0.15) is 121 Å². The molecule has 7 N–H and O–H groups in total. The number of allylic oxidation sites excluding steroid dienone is 4. The number of aliphatic hydroxyl groups excluding tert-OH is 2. The van der Waals surface area contributed by atoms with Gasteiger partial charge in [0.1, 0.15) is 47.8 Å². The second-order valence-corrected chi connectivity index (χ2v) is 22.2.